The van der Waals surface area contributed by atoms with Crippen LogP contribution in [-0.2, 0) is 0 Å². The van der Waals surface area contributed by atoms with Crippen LogP contribution in [0.15, 0.2) is 54.6 Å². The second-order valence-electron chi connectivity index (χ2n) is 6.56. The van der Waals surface area contributed by atoms with E-state index >= 15 is 0 Å². The van der Waals surface area contributed by atoms with Crippen LogP contribution in [0.4, 0.5) is 17.1 Å². The molecular weight excluding hydrogens is 388 g/mol. The molecule has 0 heterocycles. The maximum atomic E-state index is 13.0. The van der Waals surface area contributed by atoms with E-state index in [1.165, 1.54) is 19.8 Å². The number of benzene rings is 3. The van der Waals surface area contributed by atoms with Gasteiger partial charge in [-0.25, -0.2) is 0 Å². The molecule has 0 saturated carbocycles. The zero-order valence-corrected chi connectivity index (χ0v) is 17.6. The first-order chi connectivity index (χ1) is 13.9. The number of amides is 1. The first kappa shape index (κ1) is 20.6. The third-order valence-electron chi connectivity index (χ3n) is 4.77. The maximum absolute atomic E-state index is 13.0. The van der Waals surface area contributed by atoms with Gasteiger partial charge in [0.2, 0.25) is 0 Å². The molecule has 0 radical (unpaired) electrons. The summed E-state index contributed by atoms with van der Waals surface area (Å²) >= 11 is 6.21. The number of carbonyl (C=O) groups is 1. The molecule has 3 rings (SSSR count). The second-order valence-corrected chi connectivity index (χ2v) is 6.97. The highest BCUT2D eigenvalue weighted by Gasteiger charge is 2.16. The Morgan fingerprint density at radius 1 is 0.862 bits per heavy atom. The largest absolute Gasteiger partial charge is 0.495 e. The molecule has 0 atom stereocenters. The molecule has 2 N–H and O–H groups in total. The fourth-order valence-electron chi connectivity index (χ4n) is 2.97. The summed E-state index contributed by atoms with van der Waals surface area (Å²) in [6.45, 7) is 4.10. The van der Waals surface area contributed by atoms with Crippen LogP contribution in [-0.4, -0.2) is 20.1 Å². The van der Waals surface area contributed by atoms with Crippen molar-refractivity contribution in [1.82, 2.24) is 0 Å². The predicted octanol–water partition coefficient (Wildman–Crippen LogP) is 5.97. The summed E-state index contributed by atoms with van der Waals surface area (Å²) in [7, 11) is 3.04. The topological polar surface area (TPSA) is 59.6 Å². The smallest absolute Gasteiger partial charge is 0.257 e. The molecule has 0 aliphatic rings. The SMILES string of the molecule is COc1cc(OC)c(NC(=O)c2ccccc2Nc2cccc(C)c2C)cc1Cl. The van der Waals surface area contributed by atoms with E-state index in [1.807, 2.05) is 37.3 Å². The number of rotatable bonds is 6. The van der Waals surface area contributed by atoms with Gasteiger partial charge < -0.3 is 20.1 Å². The molecule has 0 fully saturated rings. The van der Waals surface area contributed by atoms with E-state index in [0.29, 0.717) is 33.5 Å². The normalized spacial score (nSPS) is 10.4. The van der Waals surface area contributed by atoms with Crippen LogP contribution in [0.25, 0.3) is 0 Å². The minimum atomic E-state index is -0.280. The molecule has 29 heavy (non-hydrogen) atoms. The lowest BCUT2D eigenvalue weighted by atomic mass is 10.1. The third kappa shape index (κ3) is 4.46. The van der Waals surface area contributed by atoms with Crippen LogP contribution in [0.3, 0.4) is 0 Å². The minimum absolute atomic E-state index is 0.280. The Morgan fingerprint density at radius 3 is 2.28 bits per heavy atom. The van der Waals surface area contributed by atoms with Crippen LogP contribution < -0.4 is 20.1 Å². The molecular formula is C23H23ClN2O3. The first-order valence-electron chi connectivity index (χ1n) is 9.09. The fourth-order valence-corrected chi connectivity index (χ4v) is 3.21. The molecule has 0 bridgehead atoms. The van der Waals surface area contributed by atoms with Crippen molar-refractivity contribution in [2.45, 2.75) is 13.8 Å². The Bertz CT molecular complexity index is 1050. The quantitative estimate of drug-likeness (QED) is 0.525. The Morgan fingerprint density at radius 2 is 1.55 bits per heavy atom. The van der Waals surface area contributed by atoms with Crippen LogP contribution in [0.1, 0.15) is 21.5 Å². The van der Waals surface area contributed by atoms with Crippen molar-refractivity contribution in [1.29, 1.82) is 0 Å². The van der Waals surface area contributed by atoms with Gasteiger partial charge in [0.25, 0.3) is 5.91 Å². The number of hydrogen-bond donors (Lipinski definition) is 2. The number of hydrogen-bond acceptors (Lipinski definition) is 4. The second kappa shape index (κ2) is 8.88. The van der Waals surface area contributed by atoms with Crippen molar-refractivity contribution < 1.29 is 14.3 Å². The standard InChI is InChI=1S/C23H23ClN2O3/c1-14-8-7-11-18(15(14)2)25-19-10-6-5-9-16(19)23(27)26-20-12-17(24)21(28-3)13-22(20)29-4/h5-13,25H,1-4H3,(H,26,27). The summed E-state index contributed by atoms with van der Waals surface area (Å²) < 4.78 is 10.6. The number of methoxy groups -OCH3 is 2. The molecule has 3 aromatic rings. The lowest BCUT2D eigenvalue weighted by molar-refractivity contribution is 0.102. The lowest BCUT2D eigenvalue weighted by Gasteiger charge is -2.16. The van der Waals surface area contributed by atoms with E-state index in [9.17, 15) is 4.79 Å². The number of aryl methyl sites for hydroxylation is 1. The average Bonchev–Trinajstić information content (AvgIpc) is 2.72. The van der Waals surface area contributed by atoms with Crippen molar-refractivity contribution in [3.8, 4) is 11.5 Å². The van der Waals surface area contributed by atoms with Crippen molar-refractivity contribution >= 4 is 34.6 Å². The molecule has 0 aromatic heterocycles. The molecule has 3 aromatic carbocycles. The Labute approximate surface area is 175 Å². The van der Waals surface area contributed by atoms with Gasteiger partial charge in [-0.1, -0.05) is 35.9 Å². The zero-order chi connectivity index (χ0) is 21.0. The Kier molecular flexibility index (Phi) is 6.29. The molecule has 0 aliphatic carbocycles. The molecule has 6 heteroatoms. The highest BCUT2D eigenvalue weighted by atomic mass is 35.5. The Balaban J connectivity index is 1.91. The van der Waals surface area contributed by atoms with Crippen molar-refractivity contribution in [3.63, 3.8) is 0 Å². The summed E-state index contributed by atoms with van der Waals surface area (Å²) in [4.78, 5) is 13.0. The van der Waals surface area contributed by atoms with E-state index in [4.69, 9.17) is 21.1 Å². The highest BCUT2D eigenvalue weighted by Crippen LogP contribution is 2.36. The van der Waals surface area contributed by atoms with Gasteiger partial charge in [-0.05, 0) is 49.2 Å². The van der Waals surface area contributed by atoms with Gasteiger partial charge in [-0.3, -0.25) is 4.79 Å². The highest BCUT2D eigenvalue weighted by molar-refractivity contribution is 6.32. The molecule has 0 spiro atoms. The van der Waals surface area contributed by atoms with Gasteiger partial charge in [0.05, 0.1) is 36.2 Å². The van der Waals surface area contributed by atoms with Gasteiger partial charge >= 0.3 is 0 Å². The zero-order valence-electron chi connectivity index (χ0n) is 16.8. The summed E-state index contributed by atoms with van der Waals surface area (Å²) in [6, 6.07) is 16.6. The van der Waals surface area contributed by atoms with Crippen molar-refractivity contribution in [3.05, 3.63) is 76.3 Å². The number of nitrogens with one attached hydrogen (secondary N) is 2. The summed E-state index contributed by atoms with van der Waals surface area (Å²) in [5.41, 5.74) is 4.93. The maximum Gasteiger partial charge on any atom is 0.257 e. The van der Waals surface area contributed by atoms with E-state index in [2.05, 4.69) is 23.6 Å². The predicted molar refractivity (Wildman–Crippen MR) is 118 cm³/mol. The molecule has 1 amide bonds. The molecule has 5 nitrogen and oxygen atoms in total. The van der Waals surface area contributed by atoms with Crippen LogP contribution in [0.2, 0.25) is 5.02 Å². The van der Waals surface area contributed by atoms with Crippen LogP contribution >= 0.6 is 11.6 Å². The van der Waals surface area contributed by atoms with Crippen LogP contribution in [0, 0.1) is 13.8 Å². The van der Waals surface area contributed by atoms with Gasteiger partial charge in [-0.15, -0.1) is 0 Å². The van der Waals surface area contributed by atoms with Gasteiger partial charge in [0.15, 0.2) is 0 Å². The first-order valence-corrected chi connectivity index (χ1v) is 9.47. The number of halogens is 1. The molecule has 0 aliphatic heterocycles. The van der Waals surface area contributed by atoms with E-state index in [-0.39, 0.29) is 5.91 Å². The van der Waals surface area contributed by atoms with Crippen LogP contribution in [0.5, 0.6) is 11.5 Å². The number of carbonyl (C=O) groups excluding carboxylic acids is 1. The van der Waals surface area contributed by atoms with Crippen molar-refractivity contribution in [2.75, 3.05) is 24.9 Å². The van der Waals surface area contributed by atoms with Gasteiger partial charge in [0, 0.05) is 11.8 Å². The number of anilines is 3. The van der Waals surface area contributed by atoms with Crippen molar-refractivity contribution in [2.24, 2.45) is 0 Å². The van der Waals surface area contributed by atoms with E-state index in [0.717, 1.165) is 11.3 Å². The fraction of sp³-hybridized carbons (Fsp3) is 0.174. The minimum Gasteiger partial charge on any atom is -0.495 e. The summed E-state index contributed by atoms with van der Waals surface area (Å²) in [6.07, 6.45) is 0. The molecule has 0 saturated heterocycles. The molecule has 150 valence electrons. The number of ether oxygens (including phenoxy) is 2. The monoisotopic (exact) mass is 410 g/mol. The molecule has 0 unspecified atom stereocenters. The lowest BCUT2D eigenvalue weighted by Crippen LogP contribution is -2.14. The van der Waals surface area contributed by atoms with E-state index < -0.39 is 0 Å². The summed E-state index contributed by atoms with van der Waals surface area (Å²) in [5, 5.41) is 6.63. The Hall–Kier alpha value is -3.18. The van der Waals surface area contributed by atoms with E-state index in [1.54, 1.807) is 18.2 Å². The van der Waals surface area contributed by atoms with Gasteiger partial charge in [-0.2, -0.15) is 0 Å². The van der Waals surface area contributed by atoms with Gasteiger partial charge in [0.1, 0.15) is 11.5 Å². The average molecular weight is 411 g/mol. The summed E-state index contributed by atoms with van der Waals surface area (Å²) in [5.74, 6) is 0.649. The third-order valence-corrected chi connectivity index (χ3v) is 5.06. The number of para-hydroxylation sites is 1.